The highest BCUT2D eigenvalue weighted by molar-refractivity contribution is 5.79. The maximum Gasteiger partial charge on any atom is 0.269 e. The average Bonchev–Trinajstić information content (AvgIpc) is 2.80. The Morgan fingerprint density at radius 2 is 2.00 bits per heavy atom. The molecule has 2 aromatic heterocycles. The van der Waals surface area contributed by atoms with Gasteiger partial charge in [-0.3, -0.25) is 19.4 Å². The number of hydrogen-bond donors (Lipinski definition) is 1. The van der Waals surface area contributed by atoms with Gasteiger partial charge >= 0.3 is 0 Å². The molecule has 0 radical (unpaired) electrons. The number of hydrogen-bond acceptors (Lipinski definition) is 7. The Labute approximate surface area is 177 Å². The molecule has 0 bridgehead atoms. The number of para-hydroxylation sites is 1. The van der Waals surface area contributed by atoms with Gasteiger partial charge in [-0.15, -0.1) is 0 Å². The van der Waals surface area contributed by atoms with E-state index in [-0.39, 0.29) is 10.9 Å². The highest BCUT2D eigenvalue weighted by Crippen LogP contribution is 2.31. The second-order valence-electron chi connectivity index (χ2n) is 6.80. The van der Waals surface area contributed by atoms with Gasteiger partial charge in [0.15, 0.2) is 5.82 Å². The van der Waals surface area contributed by atoms with Crippen LogP contribution in [-0.4, -0.2) is 26.2 Å². The van der Waals surface area contributed by atoms with Crippen molar-refractivity contribution in [1.29, 1.82) is 0 Å². The number of rotatable bonds is 6. The first-order chi connectivity index (χ1) is 15.1. The SMILES string of the molecule is C=Nc1cncnc1N(N)C(CC)c1nc2cccc(F)c2c(=O)n1-c1ccccc1. The van der Waals surface area contributed by atoms with E-state index in [4.69, 9.17) is 5.84 Å². The normalized spacial score (nSPS) is 12.0. The van der Waals surface area contributed by atoms with Crippen LogP contribution in [0.3, 0.4) is 0 Å². The van der Waals surface area contributed by atoms with Gasteiger partial charge in [0.25, 0.3) is 5.56 Å². The van der Waals surface area contributed by atoms with Gasteiger partial charge in [0.1, 0.15) is 35.1 Å². The fraction of sp³-hybridized carbons (Fsp3) is 0.136. The minimum Gasteiger partial charge on any atom is -0.282 e. The summed E-state index contributed by atoms with van der Waals surface area (Å²) in [5.74, 6) is 6.52. The van der Waals surface area contributed by atoms with Crippen molar-refractivity contribution in [2.45, 2.75) is 19.4 Å². The zero-order valence-electron chi connectivity index (χ0n) is 16.8. The number of benzene rings is 2. The van der Waals surface area contributed by atoms with E-state index in [0.717, 1.165) is 0 Å². The molecule has 156 valence electrons. The quantitative estimate of drug-likeness (QED) is 0.293. The number of hydrazine groups is 1. The maximum atomic E-state index is 14.6. The summed E-state index contributed by atoms with van der Waals surface area (Å²) in [5.41, 5.74) is 0.686. The Bertz CT molecular complexity index is 1310. The predicted octanol–water partition coefficient (Wildman–Crippen LogP) is 3.48. The van der Waals surface area contributed by atoms with Crippen molar-refractivity contribution in [1.82, 2.24) is 19.5 Å². The van der Waals surface area contributed by atoms with Crippen molar-refractivity contribution in [3.63, 3.8) is 0 Å². The molecule has 0 saturated heterocycles. The molecule has 2 aromatic carbocycles. The summed E-state index contributed by atoms with van der Waals surface area (Å²) in [5, 5.41) is 1.31. The van der Waals surface area contributed by atoms with Crippen LogP contribution in [0.1, 0.15) is 25.2 Å². The van der Waals surface area contributed by atoms with Crippen molar-refractivity contribution in [3.05, 3.63) is 83.1 Å². The summed E-state index contributed by atoms with van der Waals surface area (Å²) in [6.45, 7) is 5.44. The molecule has 4 rings (SSSR count). The molecule has 31 heavy (non-hydrogen) atoms. The lowest BCUT2D eigenvalue weighted by Gasteiger charge is -2.29. The zero-order chi connectivity index (χ0) is 22.0. The molecule has 0 amide bonds. The largest absolute Gasteiger partial charge is 0.282 e. The second-order valence-corrected chi connectivity index (χ2v) is 6.80. The van der Waals surface area contributed by atoms with Crippen LogP contribution in [-0.2, 0) is 0 Å². The molecule has 1 unspecified atom stereocenters. The molecule has 2 heterocycles. The van der Waals surface area contributed by atoms with E-state index in [0.29, 0.717) is 29.4 Å². The lowest BCUT2D eigenvalue weighted by molar-refractivity contribution is 0.559. The van der Waals surface area contributed by atoms with Gasteiger partial charge in [-0.2, -0.15) is 0 Å². The Balaban J connectivity index is 2.01. The average molecular weight is 417 g/mol. The molecule has 2 N–H and O–H groups in total. The third kappa shape index (κ3) is 3.55. The smallest absolute Gasteiger partial charge is 0.269 e. The van der Waals surface area contributed by atoms with E-state index in [2.05, 4.69) is 26.7 Å². The van der Waals surface area contributed by atoms with Gasteiger partial charge in [0, 0.05) is 0 Å². The summed E-state index contributed by atoms with van der Waals surface area (Å²) < 4.78 is 15.9. The Morgan fingerprint density at radius 3 is 2.71 bits per heavy atom. The molecule has 0 fully saturated rings. The van der Waals surface area contributed by atoms with E-state index in [1.165, 1.54) is 34.2 Å². The summed E-state index contributed by atoms with van der Waals surface area (Å²) in [7, 11) is 0. The van der Waals surface area contributed by atoms with Crippen LogP contribution >= 0.6 is 0 Å². The van der Waals surface area contributed by atoms with Gasteiger partial charge < -0.3 is 0 Å². The zero-order valence-corrected chi connectivity index (χ0v) is 16.8. The third-order valence-electron chi connectivity index (χ3n) is 5.00. The Kier molecular flexibility index (Phi) is 5.50. The topological polar surface area (TPSA) is 102 Å². The standard InChI is InChI=1S/C22H20FN7O/c1-3-18(30(24)20-17(25-2)12-26-13-27-20)21-28-16-11-7-10-15(23)19(16)22(31)29(21)14-8-5-4-6-9-14/h4-13,18H,2-3,24H2,1H3. The predicted molar refractivity (Wildman–Crippen MR) is 118 cm³/mol. The van der Waals surface area contributed by atoms with Gasteiger partial charge in [0.2, 0.25) is 0 Å². The first kappa shape index (κ1) is 20.3. The molecular weight excluding hydrogens is 397 g/mol. The van der Waals surface area contributed by atoms with Crippen molar-refractivity contribution in [3.8, 4) is 5.69 Å². The monoisotopic (exact) mass is 417 g/mol. The first-order valence-corrected chi connectivity index (χ1v) is 9.64. The highest BCUT2D eigenvalue weighted by Gasteiger charge is 2.27. The van der Waals surface area contributed by atoms with Gasteiger partial charge in [0.05, 0.1) is 17.4 Å². The first-order valence-electron chi connectivity index (χ1n) is 9.64. The van der Waals surface area contributed by atoms with Crippen LogP contribution < -0.4 is 16.4 Å². The number of fused-ring (bicyclic) bond motifs is 1. The third-order valence-corrected chi connectivity index (χ3v) is 5.00. The van der Waals surface area contributed by atoms with Crippen molar-refractivity contribution in [2.75, 3.05) is 5.01 Å². The highest BCUT2D eigenvalue weighted by atomic mass is 19.1. The van der Waals surface area contributed by atoms with E-state index < -0.39 is 17.4 Å². The van der Waals surface area contributed by atoms with Crippen LogP contribution in [0.4, 0.5) is 15.9 Å². The van der Waals surface area contributed by atoms with E-state index in [9.17, 15) is 9.18 Å². The summed E-state index contributed by atoms with van der Waals surface area (Å²) in [6.07, 6.45) is 3.33. The number of nitrogens with zero attached hydrogens (tertiary/aromatic N) is 6. The van der Waals surface area contributed by atoms with Crippen LogP contribution in [0.5, 0.6) is 0 Å². The molecule has 4 aromatic rings. The van der Waals surface area contributed by atoms with E-state index in [1.54, 1.807) is 30.3 Å². The van der Waals surface area contributed by atoms with Crippen LogP contribution in [0.25, 0.3) is 16.6 Å². The molecule has 8 nitrogen and oxygen atoms in total. The molecule has 0 spiro atoms. The molecule has 0 saturated carbocycles. The van der Waals surface area contributed by atoms with Crippen molar-refractivity contribution >= 4 is 29.1 Å². The molecule has 1 atom stereocenters. The van der Waals surface area contributed by atoms with Crippen LogP contribution in [0.2, 0.25) is 0 Å². The minimum atomic E-state index is -0.627. The van der Waals surface area contributed by atoms with Crippen LogP contribution in [0.15, 0.2) is 70.8 Å². The van der Waals surface area contributed by atoms with Gasteiger partial charge in [-0.05, 0) is 37.4 Å². The van der Waals surface area contributed by atoms with Gasteiger partial charge in [-0.1, -0.05) is 31.2 Å². The minimum absolute atomic E-state index is 0.0796. The van der Waals surface area contributed by atoms with E-state index >= 15 is 0 Å². The van der Waals surface area contributed by atoms with Crippen molar-refractivity contribution < 1.29 is 4.39 Å². The van der Waals surface area contributed by atoms with E-state index in [1.807, 2.05) is 13.0 Å². The molecular formula is C22H20FN7O. The second kappa shape index (κ2) is 8.41. The summed E-state index contributed by atoms with van der Waals surface area (Å²) in [6, 6.07) is 12.7. The summed E-state index contributed by atoms with van der Waals surface area (Å²) in [4.78, 5) is 30.2. The Morgan fingerprint density at radius 1 is 1.23 bits per heavy atom. The number of aliphatic imine (C=N–C) groups is 1. The molecule has 0 aliphatic carbocycles. The van der Waals surface area contributed by atoms with Crippen molar-refractivity contribution in [2.24, 2.45) is 10.8 Å². The number of nitrogens with two attached hydrogens (primary N) is 1. The number of aromatic nitrogens is 4. The fourth-order valence-corrected chi connectivity index (χ4v) is 3.53. The molecule has 0 aliphatic rings. The Hall–Kier alpha value is -3.98. The number of anilines is 1. The molecule has 9 heteroatoms. The maximum absolute atomic E-state index is 14.6. The number of halogens is 1. The fourth-order valence-electron chi connectivity index (χ4n) is 3.53. The molecule has 0 aliphatic heterocycles. The summed E-state index contributed by atoms with van der Waals surface area (Å²) >= 11 is 0. The lowest BCUT2D eigenvalue weighted by atomic mass is 10.1. The van der Waals surface area contributed by atoms with Crippen LogP contribution in [0, 0.1) is 5.82 Å². The van der Waals surface area contributed by atoms with Gasteiger partial charge in [-0.25, -0.2) is 25.2 Å². The lowest BCUT2D eigenvalue weighted by Crippen LogP contribution is -2.39.